The van der Waals surface area contributed by atoms with Gasteiger partial charge in [-0.15, -0.1) is 0 Å². The van der Waals surface area contributed by atoms with Crippen LogP contribution in [-0.4, -0.2) is 42.0 Å². The number of nitrogens with zero attached hydrogens (tertiary/aromatic N) is 1. The SMILES string of the molecule is O=C1CCc2cc(O[C@H]3CCN(CC(F)(F)F)C3=O)ccc21. The molecule has 1 aromatic rings. The molecule has 0 unspecified atom stereocenters. The molecule has 1 fully saturated rings. The summed E-state index contributed by atoms with van der Waals surface area (Å²) in [5.74, 6) is -0.149. The number of benzene rings is 1. The van der Waals surface area contributed by atoms with Crippen LogP contribution in [0.15, 0.2) is 18.2 Å². The number of amides is 1. The smallest absolute Gasteiger partial charge is 0.406 e. The van der Waals surface area contributed by atoms with Crippen molar-refractivity contribution in [2.45, 2.75) is 31.5 Å². The molecule has 0 N–H and O–H groups in total. The maximum Gasteiger partial charge on any atom is 0.406 e. The molecule has 2 aliphatic rings. The molecule has 118 valence electrons. The fraction of sp³-hybridized carbons (Fsp3) is 0.467. The Hall–Kier alpha value is -2.05. The Kier molecular flexibility index (Phi) is 3.58. The molecular weight excluding hydrogens is 299 g/mol. The molecule has 3 rings (SSSR count). The van der Waals surface area contributed by atoms with Crippen molar-refractivity contribution in [3.05, 3.63) is 29.3 Å². The highest BCUT2D eigenvalue weighted by atomic mass is 19.4. The van der Waals surface area contributed by atoms with Crippen molar-refractivity contribution in [1.82, 2.24) is 4.90 Å². The maximum absolute atomic E-state index is 12.4. The van der Waals surface area contributed by atoms with Gasteiger partial charge in [-0.2, -0.15) is 13.2 Å². The fourth-order valence-corrected chi connectivity index (χ4v) is 2.86. The summed E-state index contributed by atoms with van der Waals surface area (Å²) in [6.45, 7) is -1.21. The van der Waals surface area contributed by atoms with Gasteiger partial charge in [0.1, 0.15) is 12.3 Å². The van der Waals surface area contributed by atoms with E-state index in [0.717, 1.165) is 10.5 Å². The molecule has 0 aromatic heterocycles. The second-order valence-electron chi connectivity index (χ2n) is 5.51. The van der Waals surface area contributed by atoms with E-state index in [4.69, 9.17) is 4.74 Å². The number of halogens is 3. The number of hydrogen-bond acceptors (Lipinski definition) is 3. The quantitative estimate of drug-likeness (QED) is 0.860. The van der Waals surface area contributed by atoms with E-state index < -0.39 is 24.7 Å². The van der Waals surface area contributed by atoms with Gasteiger partial charge in [-0.3, -0.25) is 9.59 Å². The van der Waals surface area contributed by atoms with Gasteiger partial charge in [0.2, 0.25) is 0 Å². The molecule has 0 bridgehead atoms. The molecule has 0 spiro atoms. The molecular formula is C15H14F3NO3. The number of hydrogen-bond donors (Lipinski definition) is 0. The predicted octanol–water partition coefficient (Wildman–Crippen LogP) is 2.36. The number of carbonyl (C=O) groups excluding carboxylic acids is 2. The minimum atomic E-state index is -4.40. The van der Waals surface area contributed by atoms with Crippen molar-refractivity contribution < 1.29 is 27.5 Å². The summed E-state index contributed by atoms with van der Waals surface area (Å²) in [7, 11) is 0. The van der Waals surface area contributed by atoms with E-state index in [1.807, 2.05) is 0 Å². The molecule has 1 aromatic carbocycles. The van der Waals surface area contributed by atoms with Crippen LogP contribution >= 0.6 is 0 Å². The number of likely N-dealkylation sites (tertiary alicyclic amines) is 1. The summed E-state index contributed by atoms with van der Waals surface area (Å²) < 4.78 is 42.6. The normalized spacial score (nSPS) is 21.4. The first-order valence-corrected chi connectivity index (χ1v) is 7.02. The maximum atomic E-state index is 12.4. The van der Waals surface area contributed by atoms with Crippen LogP contribution in [0, 0.1) is 0 Å². The summed E-state index contributed by atoms with van der Waals surface area (Å²) in [6, 6.07) is 4.93. The summed E-state index contributed by atoms with van der Waals surface area (Å²) in [6.07, 6.45) is -3.98. The average Bonchev–Trinajstić information content (AvgIpc) is 2.95. The van der Waals surface area contributed by atoms with E-state index in [9.17, 15) is 22.8 Å². The third kappa shape index (κ3) is 2.93. The zero-order valence-electron chi connectivity index (χ0n) is 11.7. The lowest BCUT2D eigenvalue weighted by Gasteiger charge is -2.18. The number of carbonyl (C=O) groups is 2. The van der Waals surface area contributed by atoms with E-state index in [-0.39, 0.29) is 18.7 Å². The molecule has 7 heteroatoms. The third-order valence-corrected chi connectivity index (χ3v) is 3.90. The van der Waals surface area contributed by atoms with Crippen molar-refractivity contribution in [1.29, 1.82) is 0 Å². The minimum Gasteiger partial charge on any atom is -0.481 e. The van der Waals surface area contributed by atoms with Crippen LogP contribution in [0.2, 0.25) is 0 Å². The van der Waals surface area contributed by atoms with E-state index in [1.165, 1.54) is 0 Å². The Bertz CT molecular complexity index is 627. The van der Waals surface area contributed by atoms with Crippen molar-refractivity contribution in [3.8, 4) is 5.75 Å². The molecule has 1 aliphatic carbocycles. The monoisotopic (exact) mass is 313 g/mol. The molecule has 1 aliphatic heterocycles. The molecule has 0 saturated carbocycles. The largest absolute Gasteiger partial charge is 0.481 e. The van der Waals surface area contributed by atoms with Gasteiger partial charge in [0.15, 0.2) is 11.9 Å². The lowest BCUT2D eigenvalue weighted by atomic mass is 10.1. The number of ketones is 1. The standard InChI is InChI=1S/C15H14F3NO3/c16-15(17,18)8-19-6-5-13(14(19)21)22-10-2-3-11-9(7-10)1-4-12(11)20/h2-3,7,13H,1,4-6,8H2/t13-/m0/s1. The van der Waals surface area contributed by atoms with Crippen LogP contribution in [0.4, 0.5) is 13.2 Å². The van der Waals surface area contributed by atoms with Crippen LogP contribution in [0.3, 0.4) is 0 Å². The molecule has 4 nitrogen and oxygen atoms in total. The van der Waals surface area contributed by atoms with Crippen LogP contribution < -0.4 is 4.74 Å². The second-order valence-corrected chi connectivity index (χ2v) is 5.51. The zero-order valence-corrected chi connectivity index (χ0v) is 11.7. The lowest BCUT2D eigenvalue weighted by Crippen LogP contribution is -2.38. The first kappa shape index (κ1) is 14.9. The fourth-order valence-electron chi connectivity index (χ4n) is 2.86. The van der Waals surface area contributed by atoms with Crippen molar-refractivity contribution >= 4 is 11.7 Å². The van der Waals surface area contributed by atoms with Crippen molar-refractivity contribution in [2.75, 3.05) is 13.1 Å². The van der Waals surface area contributed by atoms with Gasteiger partial charge in [0.05, 0.1) is 0 Å². The molecule has 1 amide bonds. The second kappa shape index (κ2) is 5.30. The van der Waals surface area contributed by atoms with Gasteiger partial charge in [-0.25, -0.2) is 0 Å². The number of rotatable bonds is 3. The predicted molar refractivity (Wildman–Crippen MR) is 70.8 cm³/mol. The Balaban J connectivity index is 1.67. The van der Waals surface area contributed by atoms with Crippen LogP contribution in [-0.2, 0) is 11.2 Å². The van der Waals surface area contributed by atoms with Gasteiger partial charge in [0.25, 0.3) is 5.91 Å². The van der Waals surface area contributed by atoms with E-state index >= 15 is 0 Å². The summed E-state index contributed by atoms with van der Waals surface area (Å²) in [5.41, 5.74) is 1.52. The molecule has 1 saturated heterocycles. The number of alkyl halides is 3. The zero-order chi connectivity index (χ0) is 15.9. The van der Waals surface area contributed by atoms with Gasteiger partial charge >= 0.3 is 6.18 Å². The highest BCUT2D eigenvalue weighted by Gasteiger charge is 2.40. The number of aryl methyl sites for hydroxylation is 1. The van der Waals surface area contributed by atoms with Crippen molar-refractivity contribution in [2.24, 2.45) is 0 Å². The van der Waals surface area contributed by atoms with Crippen molar-refractivity contribution in [3.63, 3.8) is 0 Å². The highest BCUT2D eigenvalue weighted by Crippen LogP contribution is 2.28. The molecule has 22 heavy (non-hydrogen) atoms. The Morgan fingerprint density at radius 3 is 2.73 bits per heavy atom. The first-order valence-electron chi connectivity index (χ1n) is 7.02. The van der Waals surface area contributed by atoms with Crippen LogP contribution in [0.25, 0.3) is 0 Å². The van der Waals surface area contributed by atoms with Crippen LogP contribution in [0.1, 0.15) is 28.8 Å². The Morgan fingerprint density at radius 1 is 1.23 bits per heavy atom. The summed E-state index contributed by atoms with van der Waals surface area (Å²) in [5, 5.41) is 0. The third-order valence-electron chi connectivity index (χ3n) is 3.90. The van der Waals surface area contributed by atoms with E-state index in [1.54, 1.807) is 18.2 Å². The minimum absolute atomic E-state index is 0.0342. The summed E-state index contributed by atoms with van der Waals surface area (Å²) in [4.78, 5) is 24.2. The molecule has 0 radical (unpaired) electrons. The first-order chi connectivity index (χ1) is 10.3. The van der Waals surface area contributed by atoms with Gasteiger partial charge in [0, 0.05) is 24.9 Å². The summed E-state index contributed by atoms with van der Waals surface area (Å²) >= 11 is 0. The molecule has 1 heterocycles. The van der Waals surface area contributed by atoms with Gasteiger partial charge in [-0.1, -0.05) is 0 Å². The number of Topliss-reactive ketones (excluding diaryl/α,β-unsaturated/α-hetero) is 1. The Morgan fingerprint density at radius 2 is 2.00 bits per heavy atom. The molecule has 1 atom stereocenters. The van der Waals surface area contributed by atoms with Gasteiger partial charge < -0.3 is 9.64 Å². The Labute approximate surface area is 124 Å². The highest BCUT2D eigenvalue weighted by molar-refractivity contribution is 6.00. The number of fused-ring (bicyclic) bond motifs is 1. The average molecular weight is 313 g/mol. The van der Waals surface area contributed by atoms with Crippen LogP contribution in [0.5, 0.6) is 5.75 Å². The number of ether oxygens (including phenoxy) is 1. The lowest BCUT2D eigenvalue weighted by molar-refractivity contribution is -0.159. The van der Waals surface area contributed by atoms with E-state index in [0.29, 0.717) is 24.2 Å². The van der Waals surface area contributed by atoms with E-state index in [2.05, 4.69) is 0 Å². The van der Waals surface area contributed by atoms with Gasteiger partial charge in [-0.05, 0) is 30.2 Å². The topological polar surface area (TPSA) is 46.6 Å².